The molecule has 0 atom stereocenters. The molecule has 0 radical (unpaired) electrons. The van der Waals surface area contributed by atoms with Crippen LogP contribution in [0.25, 0.3) is 21.7 Å². The predicted octanol–water partition coefficient (Wildman–Crippen LogP) is 6.01. The molecule has 0 amide bonds. The topological polar surface area (TPSA) is 30.0 Å². The summed E-state index contributed by atoms with van der Waals surface area (Å²) < 4.78 is 37.9. The van der Waals surface area contributed by atoms with Gasteiger partial charge in [-0.2, -0.15) is 13.2 Å². The normalized spacial score (nSPS) is 11.6. The van der Waals surface area contributed by atoms with E-state index in [0.717, 1.165) is 28.3 Å². The second-order valence-corrected chi connectivity index (χ2v) is 6.64. The fraction of sp³-hybridized carbons (Fsp3) is 0.158. The van der Waals surface area contributed by atoms with Crippen molar-refractivity contribution in [1.82, 2.24) is 4.98 Å². The molecule has 2 nitrogen and oxygen atoms in total. The maximum Gasteiger partial charge on any atom is 0.416 e. The molecule has 1 heterocycles. The average molecular weight is 361 g/mol. The van der Waals surface area contributed by atoms with Gasteiger partial charge in [0.2, 0.25) is 0 Å². The van der Waals surface area contributed by atoms with Crippen molar-refractivity contribution < 1.29 is 18.0 Å². The van der Waals surface area contributed by atoms with E-state index in [0.29, 0.717) is 16.1 Å². The van der Waals surface area contributed by atoms with Gasteiger partial charge in [0, 0.05) is 12.5 Å². The highest BCUT2D eigenvalue weighted by Gasteiger charge is 2.29. The van der Waals surface area contributed by atoms with Gasteiger partial charge in [-0.15, -0.1) is 11.3 Å². The number of ketones is 1. The van der Waals surface area contributed by atoms with Gasteiger partial charge in [0.15, 0.2) is 5.78 Å². The molecular formula is C19H14F3NOS. The van der Waals surface area contributed by atoms with Crippen molar-refractivity contribution >= 4 is 17.1 Å². The number of nitrogens with zero attached hydrogens (tertiary/aromatic N) is 1. The molecule has 0 bridgehead atoms. The summed E-state index contributed by atoms with van der Waals surface area (Å²) in [4.78, 5) is 16.6. The number of alkyl halides is 3. The van der Waals surface area contributed by atoms with E-state index < -0.39 is 11.7 Å². The zero-order valence-corrected chi connectivity index (χ0v) is 14.3. The molecule has 0 saturated heterocycles. The van der Waals surface area contributed by atoms with Crippen LogP contribution < -0.4 is 0 Å². The number of aryl methyl sites for hydroxylation is 1. The van der Waals surface area contributed by atoms with Gasteiger partial charge in [-0.25, -0.2) is 4.98 Å². The standard InChI is InChI=1S/C19H14F3NOS/c1-11-17(12(2)24)25-18(23-11)15-5-3-13(4-6-15)14-7-9-16(10-8-14)19(20,21)22/h3-10H,1-2H3. The smallest absolute Gasteiger partial charge is 0.294 e. The fourth-order valence-corrected chi connectivity index (χ4v) is 3.47. The summed E-state index contributed by atoms with van der Waals surface area (Å²) in [5, 5.41) is 0.752. The number of hydrogen-bond donors (Lipinski definition) is 0. The minimum absolute atomic E-state index is 0.0115. The van der Waals surface area contributed by atoms with Gasteiger partial charge in [0.25, 0.3) is 0 Å². The van der Waals surface area contributed by atoms with Crippen LogP contribution in [0.1, 0.15) is 27.9 Å². The molecular weight excluding hydrogens is 347 g/mol. The first-order chi connectivity index (χ1) is 11.8. The second-order valence-electron chi connectivity index (χ2n) is 5.64. The van der Waals surface area contributed by atoms with Crippen LogP contribution in [-0.4, -0.2) is 10.8 Å². The van der Waals surface area contributed by atoms with E-state index >= 15 is 0 Å². The third-order valence-corrected chi connectivity index (χ3v) is 5.10. The van der Waals surface area contributed by atoms with Crippen molar-refractivity contribution in [3.8, 4) is 21.7 Å². The van der Waals surface area contributed by atoms with Crippen molar-refractivity contribution in [2.24, 2.45) is 0 Å². The quantitative estimate of drug-likeness (QED) is 0.535. The number of aromatic nitrogens is 1. The van der Waals surface area contributed by atoms with E-state index in [4.69, 9.17) is 0 Å². The number of carbonyl (C=O) groups is 1. The minimum Gasteiger partial charge on any atom is -0.294 e. The van der Waals surface area contributed by atoms with Crippen molar-refractivity contribution in [1.29, 1.82) is 0 Å². The van der Waals surface area contributed by atoms with Crippen LogP contribution in [0.15, 0.2) is 48.5 Å². The molecule has 0 N–H and O–H groups in total. The van der Waals surface area contributed by atoms with Gasteiger partial charge in [-0.1, -0.05) is 36.4 Å². The van der Waals surface area contributed by atoms with E-state index in [2.05, 4.69) is 4.98 Å². The first kappa shape index (κ1) is 17.4. The number of Topliss-reactive ketones (excluding diaryl/α,β-unsaturated/α-hetero) is 1. The minimum atomic E-state index is -4.33. The Morgan fingerprint density at radius 3 is 1.84 bits per heavy atom. The summed E-state index contributed by atoms with van der Waals surface area (Å²) in [6.07, 6.45) is -4.33. The molecule has 0 unspecified atom stereocenters. The molecule has 0 aliphatic rings. The van der Waals surface area contributed by atoms with Crippen LogP contribution in [-0.2, 0) is 6.18 Å². The summed E-state index contributed by atoms with van der Waals surface area (Å²) in [6.45, 7) is 3.31. The number of carbonyl (C=O) groups excluding carboxylic acids is 1. The molecule has 6 heteroatoms. The van der Waals surface area contributed by atoms with Crippen LogP contribution in [0.3, 0.4) is 0 Å². The van der Waals surface area contributed by atoms with E-state index in [9.17, 15) is 18.0 Å². The number of halogens is 3. The number of rotatable bonds is 3. The Kier molecular flexibility index (Phi) is 4.47. The van der Waals surface area contributed by atoms with Crippen LogP contribution in [0.5, 0.6) is 0 Å². The highest BCUT2D eigenvalue weighted by Crippen LogP contribution is 2.32. The van der Waals surface area contributed by atoms with Gasteiger partial charge in [0.1, 0.15) is 5.01 Å². The zero-order chi connectivity index (χ0) is 18.2. The van der Waals surface area contributed by atoms with Gasteiger partial charge in [-0.3, -0.25) is 4.79 Å². The Hall–Kier alpha value is -2.47. The molecule has 0 aliphatic carbocycles. The van der Waals surface area contributed by atoms with Crippen LogP contribution >= 0.6 is 11.3 Å². The van der Waals surface area contributed by atoms with Gasteiger partial charge in [0.05, 0.1) is 16.1 Å². The van der Waals surface area contributed by atoms with Crippen LogP contribution in [0, 0.1) is 6.92 Å². The van der Waals surface area contributed by atoms with Crippen molar-refractivity contribution in [3.05, 3.63) is 64.7 Å². The first-order valence-electron chi connectivity index (χ1n) is 7.52. The molecule has 0 spiro atoms. The van der Waals surface area contributed by atoms with Crippen LogP contribution in [0.4, 0.5) is 13.2 Å². The van der Waals surface area contributed by atoms with E-state index in [1.807, 2.05) is 24.3 Å². The first-order valence-corrected chi connectivity index (χ1v) is 8.34. The lowest BCUT2D eigenvalue weighted by Gasteiger charge is -2.08. The zero-order valence-electron chi connectivity index (χ0n) is 13.5. The highest BCUT2D eigenvalue weighted by molar-refractivity contribution is 7.17. The van der Waals surface area contributed by atoms with Crippen molar-refractivity contribution in [3.63, 3.8) is 0 Å². The predicted molar refractivity (Wildman–Crippen MR) is 92.7 cm³/mol. The lowest BCUT2D eigenvalue weighted by molar-refractivity contribution is -0.137. The Morgan fingerprint density at radius 1 is 0.920 bits per heavy atom. The average Bonchev–Trinajstić information content (AvgIpc) is 2.96. The summed E-state index contributed by atoms with van der Waals surface area (Å²) in [5.41, 5.74) is 2.44. The third kappa shape index (κ3) is 3.64. The molecule has 3 aromatic rings. The monoisotopic (exact) mass is 361 g/mol. The summed E-state index contributed by atoms with van der Waals surface area (Å²) in [5.74, 6) is -0.0115. The van der Waals surface area contributed by atoms with E-state index in [-0.39, 0.29) is 5.78 Å². The van der Waals surface area contributed by atoms with E-state index in [1.54, 1.807) is 6.92 Å². The fourth-order valence-electron chi connectivity index (χ4n) is 2.50. The lowest BCUT2D eigenvalue weighted by atomic mass is 10.0. The molecule has 2 aromatic carbocycles. The Bertz CT molecular complexity index is 909. The molecule has 0 aliphatic heterocycles. The Morgan fingerprint density at radius 2 is 1.40 bits per heavy atom. The maximum atomic E-state index is 12.6. The SMILES string of the molecule is CC(=O)c1sc(-c2ccc(-c3ccc(C(F)(F)F)cc3)cc2)nc1C. The number of thiazole rings is 1. The lowest BCUT2D eigenvalue weighted by Crippen LogP contribution is -2.03. The van der Waals surface area contributed by atoms with Gasteiger partial charge < -0.3 is 0 Å². The molecule has 1 aromatic heterocycles. The molecule has 3 rings (SSSR count). The summed E-state index contributed by atoms with van der Waals surface area (Å²) in [6, 6.07) is 12.5. The van der Waals surface area contributed by atoms with E-state index in [1.165, 1.54) is 30.4 Å². The Balaban J connectivity index is 1.87. The maximum absolute atomic E-state index is 12.6. The number of benzene rings is 2. The molecule has 0 fully saturated rings. The van der Waals surface area contributed by atoms with Crippen molar-refractivity contribution in [2.45, 2.75) is 20.0 Å². The van der Waals surface area contributed by atoms with Gasteiger partial charge >= 0.3 is 6.18 Å². The molecule has 0 saturated carbocycles. The number of hydrogen-bond acceptors (Lipinski definition) is 3. The Labute approximate surface area is 147 Å². The third-order valence-electron chi connectivity index (χ3n) is 3.79. The van der Waals surface area contributed by atoms with Crippen molar-refractivity contribution in [2.75, 3.05) is 0 Å². The summed E-state index contributed by atoms with van der Waals surface area (Å²) >= 11 is 1.34. The highest BCUT2D eigenvalue weighted by atomic mass is 32.1. The van der Waals surface area contributed by atoms with Gasteiger partial charge in [-0.05, 0) is 30.2 Å². The summed E-state index contributed by atoms with van der Waals surface area (Å²) in [7, 11) is 0. The second kappa shape index (κ2) is 6.44. The molecule has 128 valence electrons. The molecule has 25 heavy (non-hydrogen) atoms. The van der Waals surface area contributed by atoms with Crippen LogP contribution in [0.2, 0.25) is 0 Å². The largest absolute Gasteiger partial charge is 0.416 e.